The average Bonchev–Trinajstić information content (AvgIpc) is 2.34. The minimum Gasteiger partial charge on any atom is -0.327 e. The van der Waals surface area contributed by atoms with Gasteiger partial charge in [-0.25, -0.2) is 0 Å². The summed E-state index contributed by atoms with van der Waals surface area (Å²) >= 11 is 0. The summed E-state index contributed by atoms with van der Waals surface area (Å²) in [5.41, 5.74) is 6.36. The zero-order valence-corrected chi connectivity index (χ0v) is 12.4. The van der Waals surface area contributed by atoms with E-state index in [1.165, 1.54) is 64.6 Å². The first kappa shape index (κ1) is 14.3. The number of likely N-dealkylation sites (tertiary alicyclic amines) is 1. The molecular weight excluding hydrogens is 220 g/mol. The molecule has 0 radical (unpaired) electrons. The Hall–Kier alpha value is -0.0800. The van der Waals surface area contributed by atoms with Crippen molar-refractivity contribution < 1.29 is 0 Å². The van der Waals surface area contributed by atoms with Gasteiger partial charge in [0.2, 0.25) is 0 Å². The van der Waals surface area contributed by atoms with Crippen molar-refractivity contribution in [1.29, 1.82) is 0 Å². The van der Waals surface area contributed by atoms with Crippen molar-refractivity contribution in [3.05, 3.63) is 0 Å². The number of nitrogens with two attached hydrogens (primary N) is 1. The Labute approximate surface area is 113 Å². The van der Waals surface area contributed by atoms with Crippen LogP contribution in [0.15, 0.2) is 0 Å². The number of hydrogen-bond donors (Lipinski definition) is 1. The van der Waals surface area contributed by atoms with Crippen LogP contribution >= 0.6 is 0 Å². The van der Waals surface area contributed by atoms with Crippen molar-refractivity contribution in [2.45, 2.75) is 64.8 Å². The van der Waals surface area contributed by atoms with E-state index >= 15 is 0 Å². The van der Waals surface area contributed by atoms with E-state index in [1.54, 1.807) is 0 Å². The van der Waals surface area contributed by atoms with Crippen molar-refractivity contribution in [2.75, 3.05) is 19.6 Å². The van der Waals surface area contributed by atoms with Crippen LogP contribution in [0.5, 0.6) is 0 Å². The molecule has 0 spiro atoms. The Kier molecular flexibility index (Phi) is 5.50. The molecule has 1 saturated carbocycles. The molecule has 4 atom stereocenters. The molecule has 1 aliphatic carbocycles. The highest BCUT2D eigenvalue weighted by Crippen LogP contribution is 2.32. The van der Waals surface area contributed by atoms with Crippen LogP contribution in [0, 0.1) is 17.8 Å². The van der Waals surface area contributed by atoms with E-state index < -0.39 is 0 Å². The monoisotopic (exact) mass is 252 g/mol. The normalized spacial score (nSPS) is 38.8. The van der Waals surface area contributed by atoms with Crippen LogP contribution in [0.25, 0.3) is 0 Å². The highest BCUT2D eigenvalue weighted by molar-refractivity contribution is 4.85. The average molecular weight is 252 g/mol. The number of piperidine rings is 1. The molecule has 0 bridgehead atoms. The third-order valence-electron chi connectivity index (χ3n) is 5.08. The van der Waals surface area contributed by atoms with Gasteiger partial charge in [0, 0.05) is 19.1 Å². The summed E-state index contributed by atoms with van der Waals surface area (Å²) in [5, 5.41) is 0. The molecule has 2 N–H and O–H groups in total. The molecule has 106 valence electrons. The molecule has 2 aliphatic rings. The largest absolute Gasteiger partial charge is 0.327 e. The lowest BCUT2D eigenvalue weighted by Crippen LogP contribution is -2.45. The highest BCUT2D eigenvalue weighted by Gasteiger charge is 2.30. The number of hydrogen-bond acceptors (Lipinski definition) is 2. The Morgan fingerprint density at radius 1 is 1.22 bits per heavy atom. The fourth-order valence-electron chi connectivity index (χ4n) is 4.05. The third kappa shape index (κ3) is 3.96. The molecule has 0 aromatic carbocycles. The molecule has 2 fully saturated rings. The lowest BCUT2D eigenvalue weighted by atomic mass is 9.76. The second-order valence-corrected chi connectivity index (χ2v) is 6.90. The van der Waals surface area contributed by atoms with E-state index in [1.807, 2.05) is 0 Å². The summed E-state index contributed by atoms with van der Waals surface area (Å²) < 4.78 is 0. The predicted octanol–water partition coefficient (Wildman–Crippen LogP) is 3.26. The second kappa shape index (κ2) is 6.91. The maximum atomic E-state index is 6.36. The molecule has 1 aliphatic heterocycles. The second-order valence-electron chi connectivity index (χ2n) is 6.90. The standard InChI is InChI=1S/C16H32N2/c1-3-5-14-7-8-16(17)15(10-14)12-18-9-4-6-13(2)11-18/h13-16H,3-12,17H2,1-2H3. The summed E-state index contributed by atoms with van der Waals surface area (Å²) in [4.78, 5) is 2.69. The van der Waals surface area contributed by atoms with E-state index in [0.29, 0.717) is 6.04 Å². The molecule has 18 heavy (non-hydrogen) atoms. The van der Waals surface area contributed by atoms with E-state index in [0.717, 1.165) is 17.8 Å². The van der Waals surface area contributed by atoms with Gasteiger partial charge in [-0.2, -0.15) is 0 Å². The number of rotatable bonds is 4. The van der Waals surface area contributed by atoms with Gasteiger partial charge in [0.25, 0.3) is 0 Å². The summed E-state index contributed by atoms with van der Waals surface area (Å²) in [6, 6.07) is 0.468. The Bertz CT molecular complexity index is 241. The lowest BCUT2D eigenvalue weighted by molar-refractivity contribution is 0.117. The first-order valence-electron chi connectivity index (χ1n) is 8.17. The first-order chi connectivity index (χ1) is 8.69. The van der Waals surface area contributed by atoms with E-state index in [2.05, 4.69) is 18.7 Å². The molecule has 1 heterocycles. The van der Waals surface area contributed by atoms with Crippen LogP contribution in [0.2, 0.25) is 0 Å². The first-order valence-corrected chi connectivity index (χ1v) is 8.17. The molecule has 1 saturated heterocycles. The van der Waals surface area contributed by atoms with Crippen molar-refractivity contribution in [3.8, 4) is 0 Å². The Morgan fingerprint density at radius 2 is 2.06 bits per heavy atom. The van der Waals surface area contributed by atoms with E-state index in [9.17, 15) is 0 Å². The van der Waals surface area contributed by atoms with Crippen LogP contribution in [0.4, 0.5) is 0 Å². The fraction of sp³-hybridized carbons (Fsp3) is 1.00. The molecule has 4 unspecified atom stereocenters. The summed E-state index contributed by atoms with van der Waals surface area (Å²) in [7, 11) is 0. The molecule has 2 nitrogen and oxygen atoms in total. The van der Waals surface area contributed by atoms with Gasteiger partial charge in [-0.15, -0.1) is 0 Å². The van der Waals surface area contributed by atoms with Crippen molar-refractivity contribution in [1.82, 2.24) is 4.90 Å². The maximum Gasteiger partial charge on any atom is 0.00795 e. The van der Waals surface area contributed by atoms with Crippen molar-refractivity contribution >= 4 is 0 Å². The SMILES string of the molecule is CCCC1CCC(N)C(CN2CCCC(C)C2)C1. The molecular formula is C16H32N2. The predicted molar refractivity (Wildman–Crippen MR) is 78.6 cm³/mol. The summed E-state index contributed by atoms with van der Waals surface area (Å²) in [6.07, 6.45) is 9.60. The van der Waals surface area contributed by atoms with Gasteiger partial charge in [0.15, 0.2) is 0 Å². The third-order valence-corrected chi connectivity index (χ3v) is 5.08. The molecule has 2 rings (SSSR count). The maximum absolute atomic E-state index is 6.36. The van der Waals surface area contributed by atoms with Crippen LogP contribution in [0.3, 0.4) is 0 Å². The van der Waals surface area contributed by atoms with Crippen LogP contribution in [-0.2, 0) is 0 Å². The van der Waals surface area contributed by atoms with Gasteiger partial charge in [-0.05, 0) is 56.4 Å². The topological polar surface area (TPSA) is 29.3 Å². The molecule has 2 heteroatoms. The van der Waals surface area contributed by atoms with Gasteiger partial charge >= 0.3 is 0 Å². The minimum atomic E-state index is 0.468. The van der Waals surface area contributed by atoms with Crippen LogP contribution in [0.1, 0.15) is 58.8 Å². The molecule has 0 amide bonds. The fourth-order valence-corrected chi connectivity index (χ4v) is 4.05. The highest BCUT2D eigenvalue weighted by atomic mass is 15.1. The molecule has 0 aromatic rings. The van der Waals surface area contributed by atoms with Gasteiger partial charge in [0.05, 0.1) is 0 Å². The smallest absolute Gasteiger partial charge is 0.00795 e. The summed E-state index contributed by atoms with van der Waals surface area (Å²) in [6.45, 7) is 8.60. The zero-order chi connectivity index (χ0) is 13.0. The Balaban J connectivity index is 1.82. The van der Waals surface area contributed by atoms with E-state index in [4.69, 9.17) is 5.73 Å². The van der Waals surface area contributed by atoms with Gasteiger partial charge in [0.1, 0.15) is 0 Å². The van der Waals surface area contributed by atoms with Gasteiger partial charge < -0.3 is 10.6 Å². The van der Waals surface area contributed by atoms with E-state index in [-0.39, 0.29) is 0 Å². The summed E-state index contributed by atoms with van der Waals surface area (Å²) in [5.74, 6) is 2.62. The number of nitrogens with zero attached hydrogens (tertiary/aromatic N) is 1. The minimum absolute atomic E-state index is 0.468. The zero-order valence-electron chi connectivity index (χ0n) is 12.4. The molecule has 0 aromatic heterocycles. The lowest BCUT2D eigenvalue weighted by Gasteiger charge is -2.39. The van der Waals surface area contributed by atoms with Gasteiger partial charge in [-0.1, -0.05) is 26.7 Å². The van der Waals surface area contributed by atoms with Crippen molar-refractivity contribution in [3.63, 3.8) is 0 Å². The van der Waals surface area contributed by atoms with Crippen molar-refractivity contribution in [2.24, 2.45) is 23.5 Å². The van der Waals surface area contributed by atoms with Crippen LogP contribution in [-0.4, -0.2) is 30.6 Å². The van der Waals surface area contributed by atoms with Gasteiger partial charge in [-0.3, -0.25) is 0 Å². The Morgan fingerprint density at radius 3 is 2.78 bits per heavy atom. The van der Waals surface area contributed by atoms with Crippen LogP contribution < -0.4 is 5.73 Å². The quantitative estimate of drug-likeness (QED) is 0.832.